The number of aryl methyl sites for hydroxylation is 10. The van der Waals surface area contributed by atoms with E-state index in [1.165, 1.54) is 36.2 Å². The zero-order chi connectivity index (χ0) is 95.1. The van der Waals surface area contributed by atoms with Crippen molar-refractivity contribution < 1.29 is 75.5 Å². The number of aromatic nitrogens is 8. The Kier molecular flexibility index (Phi) is 35.4. The number of methoxy groups -OCH3 is 4. The molecule has 14 aromatic rings. The summed E-state index contributed by atoms with van der Waals surface area (Å²) in [6, 6.07) is 36.0. The van der Waals surface area contributed by atoms with Gasteiger partial charge in [0.15, 0.2) is 0 Å². The van der Waals surface area contributed by atoms with Crippen molar-refractivity contribution in [1.29, 1.82) is 0 Å². The van der Waals surface area contributed by atoms with Gasteiger partial charge in [-0.1, -0.05) is 48.5 Å². The van der Waals surface area contributed by atoms with E-state index in [0.29, 0.717) is 146 Å². The Morgan fingerprint density at radius 3 is 1.01 bits per heavy atom. The predicted octanol–water partition coefficient (Wildman–Crippen LogP) is 15.7. The number of fused-ring (bicyclic) bond motifs is 6. The highest BCUT2D eigenvalue weighted by atomic mass is 19.1. The number of aromatic amines is 2. The molecule has 11 N–H and O–H groups in total. The van der Waals surface area contributed by atoms with E-state index in [0.717, 1.165) is 93.5 Å². The maximum absolute atomic E-state index is 15.2. The number of nitrogen functional groups attached to an aromatic ring is 3. The molecular weight excluding hydrogens is 1670 g/mol. The molecule has 6 aromatic heterocycles. The standard InChI is InChI=1S/C24H29FN4O3.C24H27FN4O2.C24H29FN4O.C18H23FN2O4.C6H8N2.C2H4O2/c1-5-29-14-16(13-21(31)28(2)3)22-23(29)17(25)12-15(24(22)32-4)10-11-20(30)27-19-9-7-6-8-18(19)26;1-5-29-14-16(13-21(30)28(2)3)22-23(29)17(25)12-15(24(22)31-4)10-11-20-26-18-8-6-7-9-19(18)27-20;1-5-29-15-17(12-13-28(2)3)22-23(29)18(25)14-16(24(22)30-4)10-11-21-26-19-8-6-7-9-20(19)27-21;1-5-21-10-12(9-14(22)20(2)3)16-17(21)13(19)8-11(18(16)25-4)6-7-15(23)24;7-5-3-1-2-4-6(5)8;1-2(3)4/h6-9,12,14H,5,10-11,13,26H2,1-4H3,(H,27,30);6-9,12,14H,5,10-11,13H2,1-4H3,(H,26,27);6-9,14-15H,5,10-13H2,1-4H3,(H,26,27);8,10H,5-7,9H2,1-4H3,(H,23,24);1-4H,7-8H2;1H3,(H,3,4). The molecule has 0 bridgehead atoms. The highest BCUT2D eigenvalue weighted by molar-refractivity contribution is 5.99. The average molecular weight is 1790 g/mol. The van der Waals surface area contributed by atoms with Gasteiger partial charge in [-0.3, -0.25) is 28.8 Å². The molecule has 0 atom stereocenters. The third-order valence-corrected chi connectivity index (χ3v) is 21.9. The van der Waals surface area contributed by atoms with Gasteiger partial charge in [-0.15, -0.1) is 0 Å². The Morgan fingerprint density at radius 2 is 0.708 bits per heavy atom. The van der Waals surface area contributed by atoms with E-state index >= 15 is 13.2 Å². The number of benzene rings is 8. The Hall–Kier alpha value is -14.0. The lowest BCUT2D eigenvalue weighted by Gasteiger charge is -2.14. The van der Waals surface area contributed by atoms with Crippen LogP contribution in [-0.4, -0.2) is 195 Å². The largest absolute Gasteiger partial charge is 0.496 e. The third-order valence-electron chi connectivity index (χ3n) is 21.9. The summed E-state index contributed by atoms with van der Waals surface area (Å²) in [7, 11) is 20.5. The highest BCUT2D eigenvalue weighted by Crippen LogP contribution is 2.42. The maximum atomic E-state index is 15.2. The fraction of sp³-hybridized carbons (Fsp3) is 0.347. The second-order valence-corrected chi connectivity index (χ2v) is 31.9. The zero-order valence-corrected chi connectivity index (χ0v) is 77.1. The van der Waals surface area contributed by atoms with Gasteiger partial charge in [-0.25, -0.2) is 27.5 Å². The number of aliphatic carboxylic acids is 2. The van der Waals surface area contributed by atoms with Crippen molar-refractivity contribution in [3.63, 3.8) is 0 Å². The summed E-state index contributed by atoms with van der Waals surface area (Å²) >= 11 is 0. The van der Waals surface area contributed by atoms with E-state index in [1.807, 2.05) is 104 Å². The molecule has 692 valence electrons. The first-order chi connectivity index (χ1) is 62.0. The second kappa shape index (κ2) is 46.1. The summed E-state index contributed by atoms with van der Waals surface area (Å²) < 4.78 is 90.4. The van der Waals surface area contributed by atoms with Crippen LogP contribution in [0, 0.1) is 23.3 Å². The van der Waals surface area contributed by atoms with Gasteiger partial charge in [0.05, 0.1) is 115 Å². The van der Waals surface area contributed by atoms with E-state index in [-0.39, 0.29) is 80.2 Å². The normalized spacial score (nSPS) is 11.0. The van der Waals surface area contributed by atoms with Gasteiger partial charge in [0.2, 0.25) is 23.6 Å². The van der Waals surface area contributed by atoms with Crippen molar-refractivity contribution >= 4 is 124 Å². The molecule has 28 nitrogen and oxygen atoms in total. The number of hydrogen-bond donors (Lipinski definition) is 8. The van der Waals surface area contributed by atoms with Crippen molar-refractivity contribution in [2.45, 2.75) is 138 Å². The highest BCUT2D eigenvalue weighted by Gasteiger charge is 2.28. The van der Waals surface area contributed by atoms with Crippen molar-refractivity contribution in [3.05, 3.63) is 226 Å². The van der Waals surface area contributed by atoms with Gasteiger partial charge in [-0.2, -0.15) is 0 Å². The minimum atomic E-state index is -0.961. The van der Waals surface area contributed by atoms with Crippen molar-refractivity contribution in [2.24, 2.45) is 0 Å². The molecule has 14 rings (SSSR count). The number of H-pyrrole nitrogens is 2. The predicted molar refractivity (Wildman–Crippen MR) is 505 cm³/mol. The number of imidazole rings is 2. The number of halogens is 4. The van der Waals surface area contributed by atoms with E-state index < -0.39 is 23.6 Å². The molecule has 0 spiro atoms. The fourth-order valence-corrected chi connectivity index (χ4v) is 15.4. The third kappa shape index (κ3) is 24.6. The average Bonchev–Trinajstić information content (AvgIpc) is 1.62. The van der Waals surface area contributed by atoms with Crippen LogP contribution in [0.4, 0.5) is 40.3 Å². The van der Waals surface area contributed by atoms with Crippen LogP contribution in [0.2, 0.25) is 0 Å². The summed E-state index contributed by atoms with van der Waals surface area (Å²) in [5.74, 6) is 0.469. The molecule has 0 saturated carbocycles. The van der Waals surface area contributed by atoms with Crippen LogP contribution in [0.1, 0.15) is 104 Å². The van der Waals surface area contributed by atoms with Crippen molar-refractivity contribution in [2.75, 3.05) is 114 Å². The van der Waals surface area contributed by atoms with Crippen LogP contribution in [0.3, 0.4) is 0 Å². The number of nitrogens with zero attached hydrogens (tertiary/aromatic N) is 10. The molecule has 0 aliphatic heterocycles. The van der Waals surface area contributed by atoms with Gasteiger partial charge < -0.3 is 99.5 Å². The summed E-state index contributed by atoms with van der Waals surface area (Å²) in [6.45, 7) is 12.2. The quantitative estimate of drug-likeness (QED) is 0.0153. The molecule has 0 aliphatic carbocycles. The number of hydrogen-bond acceptors (Lipinski definition) is 16. The molecule has 0 radical (unpaired) electrons. The molecule has 8 aromatic carbocycles. The molecule has 130 heavy (non-hydrogen) atoms. The maximum Gasteiger partial charge on any atom is 0.303 e. The molecule has 0 saturated heterocycles. The number of rotatable bonds is 30. The number of nitrogens with one attached hydrogen (secondary N) is 3. The van der Waals surface area contributed by atoms with Crippen LogP contribution < -0.4 is 41.5 Å². The van der Waals surface area contributed by atoms with E-state index in [4.69, 9.17) is 51.2 Å². The molecule has 0 unspecified atom stereocenters. The van der Waals surface area contributed by atoms with Crippen LogP contribution in [0.25, 0.3) is 65.7 Å². The first-order valence-electron chi connectivity index (χ1n) is 42.8. The summed E-state index contributed by atoms with van der Waals surface area (Å²) in [6.07, 6.45) is 11.7. The first kappa shape index (κ1) is 99.7. The molecular formula is C98H120F4N16O12. The van der Waals surface area contributed by atoms with Gasteiger partial charge >= 0.3 is 5.97 Å². The molecule has 6 heterocycles. The Bertz CT molecular complexity index is 6250. The molecule has 0 aliphatic rings. The number of ether oxygens (including phenoxy) is 4. The summed E-state index contributed by atoms with van der Waals surface area (Å²) in [5, 5.41) is 21.8. The lowest BCUT2D eigenvalue weighted by Crippen LogP contribution is -2.23. The van der Waals surface area contributed by atoms with Gasteiger partial charge in [0, 0.05) is 154 Å². The van der Waals surface area contributed by atoms with Gasteiger partial charge in [0.1, 0.15) is 57.9 Å². The summed E-state index contributed by atoms with van der Waals surface area (Å²) in [5.41, 5.74) is 30.7. The number of amides is 4. The minimum absolute atomic E-state index is 0.0368. The number of carbonyl (C=O) groups is 6. The van der Waals surface area contributed by atoms with Crippen LogP contribution in [0.15, 0.2) is 146 Å². The van der Waals surface area contributed by atoms with E-state index in [2.05, 4.69) is 50.4 Å². The topological polar surface area (TPSA) is 360 Å². The van der Waals surface area contributed by atoms with Crippen molar-refractivity contribution in [3.8, 4) is 23.0 Å². The van der Waals surface area contributed by atoms with Crippen LogP contribution >= 0.6 is 0 Å². The second-order valence-electron chi connectivity index (χ2n) is 31.9. The Balaban J connectivity index is 0.000000187. The SMILES string of the molecule is CC(=O)O.CCn1cc(CC(=O)N(C)C)c2c(OC)c(CCC(=O)Nc3ccccc3N)cc(F)c21.CCn1cc(CC(=O)N(C)C)c2c(OC)c(CCC(=O)O)cc(F)c21.CCn1cc(CC(=O)N(C)C)c2c(OC)c(CCc3nc4ccccc4[nH]3)cc(F)c21.CCn1cc(CCN(C)C)c2c(OC)c(CCc3nc4ccccc4[nH]3)cc(F)c21.Nc1ccccc1N. The lowest BCUT2D eigenvalue weighted by atomic mass is 10.0. The van der Waals surface area contributed by atoms with E-state index in [9.17, 15) is 28.4 Å². The Morgan fingerprint density at radius 1 is 0.408 bits per heavy atom. The van der Waals surface area contributed by atoms with E-state index in [1.54, 1.807) is 131 Å². The van der Waals surface area contributed by atoms with Crippen LogP contribution in [0.5, 0.6) is 23.0 Å². The number of anilines is 4. The molecule has 0 fully saturated rings. The number of carboxylic acids is 2. The number of carbonyl (C=O) groups excluding carboxylic acids is 4. The minimum Gasteiger partial charge on any atom is -0.496 e. The number of likely N-dealkylation sites (N-methyl/N-ethyl adjacent to an activating group) is 4. The number of para-hydroxylation sites is 8. The monoisotopic (exact) mass is 1790 g/mol. The van der Waals surface area contributed by atoms with Crippen LogP contribution in [-0.2, 0) is 119 Å². The molecule has 4 amide bonds. The number of nitrogens with two attached hydrogens (primary N) is 3. The van der Waals surface area contributed by atoms with Gasteiger partial charge in [0.25, 0.3) is 5.97 Å². The smallest absolute Gasteiger partial charge is 0.303 e. The van der Waals surface area contributed by atoms with Gasteiger partial charge in [-0.05, 0) is 191 Å². The lowest BCUT2D eigenvalue weighted by molar-refractivity contribution is -0.137. The Labute approximate surface area is 753 Å². The fourth-order valence-electron chi connectivity index (χ4n) is 15.4. The number of carboxylic acid groups (broad SMARTS) is 2. The zero-order valence-electron chi connectivity index (χ0n) is 77.1. The first-order valence-corrected chi connectivity index (χ1v) is 42.8. The summed E-state index contributed by atoms with van der Waals surface area (Å²) in [4.78, 5) is 91.8. The molecule has 32 heteroatoms. The van der Waals surface area contributed by atoms with Crippen molar-refractivity contribution in [1.82, 2.24) is 57.8 Å².